The largest absolute Gasteiger partial charge is 0.384 e. The molecule has 1 aliphatic heterocycles. The molecule has 2 nitrogen and oxygen atoms in total. The van der Waals surface area contributed by atoms with Crippen molar-refractivity contribution < 1.29 is 4.79 Å². The van der Waals surface area contributed by atoms with Crippen LogP contribution in [0.4, 0.5) is 0 Å². The first-order valence-electron chi connectivity index (χ1n) is 6.52. The SMILES string of the molecule is CC1C(=O)CCC2CC3=C(CCC(Cl)=C3)N[C@H]21. The highest BCUT2D eigenvalue weighted by Crippen LogP contribution is 2.39. The minimum absolute atomic E-state index is 0.171. The second kappa shape index (κ2) is 4.16. The van der Waals surface area contributed by atoms with E-state index in [0.717, 1.165) is 37.1 Å². The third kappa shape index (κ3) is 1.93. The van der Waals surface area contributed by atoms with Gasteiger partial charge in [-0.3, -0.25) is 4.79 Å². The molecule has 0 saturated heterocycles. The molecule has 1 saturated carbocycles. The molecule has 1 heterocycles. The standard InChI is InChI=1S/C14H18ClNO/c1-8-13(17)5-2-9-6-10-7-11(15)3-4-12(10)16-14(8)9/h7-9,14,16H,2-6H2,1H3/t8?,9?,14-/m0/s1. The van der Waals surface area contributed by atoms with Gasteiger partial charge in [-0.05, 0) is 43.3 Å². The number of hydrogen-bond acceptors (Lipinski definition) is 2. The molecule has 0 aromatic rings. The van der Waals surface area contributed by atoms with E-state index < -0.39 is 0 Å². The molecule has 1 N–H and O–H groups in total. The second-order valence-corrected chi connectivity index (χ2v) is 6.01. The average Bonchev–Trinajstić information content (AvgIpc) is 2.32. The van der Waals surface area contributed by atoms with Gasteiger partial charge < -0.3 is 5.32 Å². The molecule has 3 heteroatoms. The lowest BCUT2D eigenvalue weighted by atomic mass is 9.71. The van der Waals surface area contributed by atoms with E-state index >= 15 is 0 Å². The molecule has 3 aliphatic rings. The predicted molar refractivity (Wildman–Crippen MR) is 68.6 cm³/mol. The zero-order valence-corrected chi connectivity index (χ0v) is 10.9. The summed E-state index contributed by atoms with van der Waals surface area (Å²) >= 11 is 6.11. The van der Waals surface area contributed by atoms with Crippen LogP contribution in [-0.4, -0.2) is 11.8 Å². The summed E-state index contributed by atoms with van der Waals surface area (Å²) in [5.41, 5.74) is 2.71. The minimum Gasteiger partial charge on any atom is -0.384 e. The van der Waals surface area contributed by atoms with Gasteiger partial charge in [0.05, 0.1) is 0 Å². The summed E-state index contributed by atoms with van der Waals surface area (Å²) < 4.78 is 0. The zero-order chi connectivity index (χ0) is 12.0. The third-order valence-electron chi connectivity index (χ3n) is 4.47. The van der Waals surface area contributed by atoms with E-state index in [1.54, 1.807) is 0 Å². The summed E-state index contributed by atoms with van der Waals surface area (Å²) in [6.45, 7) is 2.07. The van der Waals surface area contributed by atoms with Crippen LogP contribution in [0.25, 0.3) is 0 Å². The summed E-state index contributed by atoms with van der Waals surface area (Å²) in [6.07, 6.45) is 6.96. The van der Waals surface area contributed by atoms with Crippen LogP contribution in [0.15, 0.2) is 22.4 Å². The maximum Gasteiger partial charge on any atom is 0.137 e. The Balaban J connectivity index is 1.88. The predicted octanol–water partition coefficient (Wildman–Crippen LogP) is 3.13. The van der Waals surface area contributed by atoms with Crippen molar-refractivity contribution in [3.63, 3.8) is 0 Å². The number of fused-ring (bicyclic) bond motifs is 1. The van der Waals surface area contributed by atoms with Gasteiger partial charge in [0.15, 0.2) is 0 Å². The Hall–Kier alpha value is -0.760. The van der Waals surface area contributed by atoms with Gasteiger partial charge in [0.25, 0.3) is 0 Å². The highest BCUT2D eigenvalue weighted by atomic mass is 35.5. The van der Waals surface area contributed by atoms with Crippen LogP contribution in [0.1, 0.15) is 39.0 Å². The fourth-order valence-corrected chi connectivity index (χ4v) is 3.63. The van der Waals surface area contributed by atoms with E-state index in [1.807, 2.05) is 0 Å². The Labute approximate surface area is 107 Å². The van der Waals surface area contributed by atoms with E-state index in [2.05, 4.69) is 18.3 Å². The van der Waals surface area contributed by atoms with Crippen LogP contribution in [-0.2, 0) is 4.79 Å². The maximum absolute atomic E-state index is 11.8. The normalized spacial score (nSPS) is 36.9. The first-order valence-corrected chi connectivity index (χ1v) is 6.90. The van der Waals surface area contributed by atoms with Gasteiger partial charge in [0.1, 0.15) is 5.78 Å². The van der Waals surface area contributed by atoms with E-state index in [-0.39, 0.29) is 5.92 Å². The van der Waals surface area contributed by atoms with Crippen molar-refractivity contribution in [2.45, 2.75) is 45.1 Å². The number of nitrogens with one attached hydrogen (secondary N) is 1. The average molecular weight is 252 g/mol. The molecular formula is C14H18ClNO. The highest BCUT2D eigenvalue weighted by Gasteiger charge is 2.39. The summed E-state index contributed by atoms with van der Waals surface area (Å²) in [7, 11) is 0. The Morgan fingerprint density at radius 2 is 2.18 bits per heavy atom. The second-order valence-electron chi connectivity index (χ2n) is 5.52. The first-order chi connectivity index (χ1) is 8.15. The summed E-state index contributed by atoms with van der Waals surface area (Å²) in [5.74, 6) is 1.21. The molecule has 92 valence electrons. The Morgan fingerprint density at radius 3 is 3.00 bits per heavy atom. The van der Waals surface area contributed by atoms with Crippen molar-refractivity contribution in [2.24, 2.45) is 11.8 Å². The van der Waals surface area contributed by atoms with Crippen molar-refractivity contribution in [3.05, 3.63) is 22.4 Å². The lowest BCUT2D eigenvalue weighted by Gasteiger charge is -2.42. The van der Waals surface area contributed by atoms with Gasteiger partial charge in [-0.2, -0.15) is 0 Å². The number of ketones is 1. The molecule has 0 aromatic carbocycles. The van der Waals surface area contributed by atoms with Crippen molar-refractivity contribution >= 4 is 17.4 Å². The summed E-state index contributed by atoms with van der Waals surface area (Å²) in [5, 5.41) is 4.59. The van der Waals surface area contributed by atoms with Gasteiger partial charge in [-0.25, -0.2) is 0 Å². The minimum atomic E-state index is 0.171. The number of carbonyl (C=O) groups excluding carboxylic acids is 1. The Kier molecular flexibility index (Phi) is 2.78. The fraction of sp³-hybridized carbons (Fsp3) is 0.643. The Morgan fingerprint density at radius 1 is 1.35 bits per heavy atom. The van der Waals surface area contributed by atoms with E-state index in [9.17, 15) is 4.79 Å². The van der Waals surface area contributed by atoms with Gasteiger partial charge >= 0.3 is 0 Å². The number of hydrogen-bond donors (Lipinski definition) is 1. The van der Waals surface area contributed by atoms with E-state index in [1.165, 1.54) is 11.3 Å². The quantitative estimate of drug-likeness (QED) is 0.717. The molecule has 17 heavy (non-hydrogen) atoms. The third-order valence-corrected chi connectivity index (χ3v) is 4.77. The molecule has 3 rings (SSSR count). The van der Waals surface area contributed by atoms with Crippen molar-refractivity contribution in [1.29, 1.82) is 0 Å². The van der Waals surface area contributed by atoms with Crippen LogP contribution in [0, 0.1) is 11.8 Å². The van der Waals surface area contributed by atoms with Crippen molar-refractivity contribution in [3.8, 4) is 0 Å². The van der Waals surface area contributed by atoms with E-state index in [0.29, 0.717) is 17.7 Å². The molecule has 0 radical (unpaired) electrons. The van der Waals surface area contributed by atoms with Crippen LogP contribution in [0.5, 0.6) is 0 Å². The van der Waals surface area contributed by atoms with Gasteiger partial charge in [-0.1, -0.05) is 18.5 Å². The lowest BCUT2D eigenvalue weighted by molar-refractivity contribution is -0.126. The number of halogens is 1. The zero-order valence-electron chi connectivity index (χ0n) is 10.1. The summed E-state index contributed by atoms with van der Waals surface area (Å²) in [6, 6.07) is 0.361. The van der Waals surface area contributed by atoms with E-state index in [4.69, 9.17) is 11.6 Å². The molecule has 0 spiro atoms. The monoisotopic (exact) mass is 251 g/mol. The van der Waals surface area contributed by atoms with Crippen LogP contribution in [0.2, 0.25) is 0 Å². The molecule has 0 aromatic heterocycles. The van der Waals surface area contributed by atoms with Crippen LogP contribution in [0.3, 0.4) is 0 Å². The van der Waals surface area contributed by atoms with Gasteiger partial charge in [-0.15, -0.1) is 0 Å². The molecular weight excluding hydrogens is 234 g/mol. The lowest BCUT2D eigenvalue weighted by Crippen LogP contribution is -2.50. The number of allylic oxidation sites excluding steroid dienone is 4. The summed E-state index contributed by atoms with van der Waals surface area (Å²) in [4.78, 5) is 11.8. The van der Waals surface area contributed by atoms with Crippen molar-refractivity contribution in [1.82, 2.24) is 5.32 Å². The van der Waals surface area contributed by atoms with Crippen LogP contribution >= 0.6 is 11.6 Å². The molecule has 0 amide bonds. The molecule has 0 bridgehead atoms. The molecule has 3 atom stereocenters. The van der Waals surface area contributed by atoms with Gasteiger partial charge in [0, 0.05) is 29.1 Å². The van der Waals surface area contributed by atoms with Crippen molar-refractivity contribution in [2.75, 3.05) is 0 Å². The van der Waals surface area contributed by atoms with Crippen LogP contribution < -0.4 is 5.32 Å². The first kappa shape index (κ1) is 11.3. The molecule has 1 fully saturated rings. The highest BCUT2D eigenvalue weighted by molar-refractivity contribution is 6.29. The molecule has 2 aliphatic carbocycles. The Bertz CT molecular complexity index is 424. The maximum atomic E-state index is 11.8. The number of carbonyl (C=O) groups is 1. The fourth-order valence-electron chi connectivity index (χ4n) is 3.40. The number of rotatable bonds is 0. The molecule has 2 unspecified atom stereocenters. The van der Waals surface area contributed by atoms with Gasteiger partial charge in [0.2, 0.25) is 0 Å². The topological polar surface area (TPSA) is 29.1 Å². The number of Topliss-reactive ketones (excluding diaryl/α,β-unsaturated/α-hetero) is 1. The smallest absolute Gasteiger partial charge is 0.137 e.